The Balaban J connectivity index is 2.28. The zero-order valence-corrected chi connectivity index (χ0v) is 13.1. The van der Waals surface area contributed by atoms with Gasteiger partial charge in [0.15, 0.2) is 0 Å². The average Bonchev–Trinajstić information content (AvgIpc) is 2.91. The molecule has 5 nitrogen and oxygen atoms in total. The molecule has 0 aliphatic carbocycles. The molecule has 5 heteroatoms. The summed E-state index contributed by atoms with van der Waals surface area (Å²) in [6, 6.07) is 8.18. The van der Waals surface area contributed by atoms with Gasteiger partial charge in [-0.15, -0.1) is 0 Å². The normalized spacial score (nSPS) is 12.2. The van der Waals surface area contributed by atoms with Crippen LogP contribution in [0.3, 0.4) is 0 Å². The third-order valence-electron chi connectivity index (χ3n) is 3.41. The Morgan fingerprint density at radius 3 is 2.33 bits per heavy atom. The largest absolute Gasteiger partial charge is 0.497 e. The number of benzene rings is 1. The van der Waals surface area contributed by atoms with Crippen molar-refractivity contribution in [1.29, 1.82) is 0 Å². The van der Waals surface area contributed by atoms with E-state index in [0.717, 1.165) is 35.7 Å². The molecule has 0 aliphatic rings. The molecule has 0 bridgehead atoms. The van der Waals surface area contributed by atoms with Crippen molar-refractivity contribution in [3.05, 3.63) is 41.7 Å². The third kappa shape index (κ3) is 3.98. The second-order valence-electron chi connectivity index (χ2n) is 4.94. The number of aromatic nitrogens is 2. The fraction of sp³-hybridized carbons (Fsp3) is 0.438. The topological polar surface area (TPSA) is 48.3 Å². The van der Waals surface area contributed by atoms with Crippen molar-refractivity contribution < 1.29 is 9.47 Å². The van der Waals surface area contributed by atoms with E-state index in [1.54, 1.807) is 14.2 Å². The molecule has 0 aliphatic heterocycles. The third-order valence-corrected chi connectivity index (χ3v) is 3.41. The maximum atomic E-state index is 5.35. The number of hydrogen-bond donors (Lipinski definition) is 1. The number of hydrogen-bond acceptors (Lipinski definition) is 4. The molecule has 2 aromatic rings. The number of likely N-dealkylation sites (N-methyl/N-ethyl adjacent to an activating group) is 1. The van der Waals surface area contributed by atoms with E-state index >= 15 is 0 Å². The summed E-state index contributed by atoms with van der Waals surface area (Å²) in [5, 5.41) is 7.96. The lowest BCUT2D eigenvalue weighted by molar-refractivity contribution is 0.391. The van der Waals surface area contributed by atoms with Crippen LogP contribution in [0.1, 0.15) is 24.2 Å². The van der Waals surface area contributed by atoms with E-state index in [0.29, 0.717) is 0 Å². The van der Waals surface area contributed by atoms with Crippen LogP contribution in [-0.4, -0.2) is 30.5 Å². The van der Waals surface area contributed by atoms with Crippen molar-refractivity contribution in [1.82, 2.24) is 15.1 Å². The number of nitrogens with one attached hydrogen (secondary N) is 1. The monoisotopic (exact) mass is 289 g/mol. The molecule has 0 saturated carbocycles. The maximum Gasteiger partial charge on any atom is 0.122 e. The summed E-state index contributed by atoms with van der Waals surface area (Å²) in [7, 11) is 5.26. The first-order valence-corrected chi connectivity index (χ1v) is 7.11. The van der Waals surface area contributed by atoms with Crippen LogP contribution in [0.15, 0.2) is 30.5 Å². The van der Waals surface area contributed by atoms with Gasteiger partial charge in [0.25, 0.3) is 0 Å². The van der Waals surface area contributed by atoms with Gasteiger partial charge in [-0.25, -0.2) is 0 Å². The molecule has 114 valence electrons. The predicted molar refractivity (Wildman–Crippen MR) is 82.9 cm³/mol. The molecule has 1 heterocycles. The Morgan fingerprint density at radius 1 is 1.19 bits per heavy atom. The van der Waals surface area contributed by atoms with Crippen molar-refractivity contribution in [3.8, 4) is 11.5 Å². The number of ether oxygens (including phenoxy) is 2. The molecule has 0 radical (unpaired) electrons. The molecule has 0 amide bonds. The molecule has 1 unspecified atom stereocenters. The molecular weight excluding hydrogens is 266 g/mol. The van der Waals surface area contributed by atoms with Crippen molar-refractivity contribution >= 4 is 0 Å². The van der Waals surface area contributed by atoms with Gasteiger partial charge in [0, 0.05) is 31.8 Å². The molecule has 0 fully saturated rings. The Kier molecular flexibility index (Phi) is 5.22. The van der Waals surface area contributed by atoms with E-state index in [-0.39, 0.29) is 6.04 Å². The molecule has 0 saturated heterocycles. The second kappa shape index (κ2) is 7.13. The fourth-order valence-corrected chi connectivity index (χ4v) is 2.37. The highest BCUT2D eigenvalue weighted by Gasteiger charge is 2.15. The lowest BCUT2D eigenvalue weighted by Crippen LogP contribution is -2.23. The van der Waals surface area contributed by atoms with Crippen LogP contribution < -0.4 is 14.8 Å². The summed E-state index contributed by atoms with van der Waals surface area (Å²) >= 11 is 0. The van der Waals surface area contributed by atoms with Crippen molar-refractivity contribution in [2.75, 3.05) is 20.8 Å². The quantitative estimate of drug-likeness (QED) is 0.850. The van der Waals surface area contributed by atoms with Crippen LogP contribution >= 0.6 is 0 Å². The minimum absolute atomic E-state index is 0.175. The van der Waals surface area contributed by atoms with E-state index in [1.807, 2.05) is 42.2 Å². The van der Waals surface area contributed by atoms with Crippen LogP contribution in [0.2, 0.25) is 0 Å². The van der Waals surface area contributed by atoms with Gasteiger partial charge in [0.1, 0.15) is 11.5 Å². The molecule has 1 aromatic heterocycles. The molecular formula is C16H23N3O2. The molecule has 2 rings (SSSR count). The van der Waals surface area contributed by atoms with Gasteiger partial charge in [-0.1, -0.05) is 6.92 Å². The van der Waals surface area contributed by atoms with Gasteiger partial charge >= 0.3 is 0 Å². The number of aryl methyl sites for hydroxylation is 1. The van der Waals surface area contributed by atoms with Crippen molar-refractivity contribution in [2.45, 2.75) is 19.4 Å². The molecule has 1 N–H and O–H groups in total. The fourth-order valence-electron chi connectivity index (χ4n) is 2.37. The zero-order chi connectivity index (χ0) is 15.2. The van der Waals surface area contributed by atoms with Crippen LogP contribution in [0.4, 0.5) is 0 Å². The Hall–Kier alpha value is -2.01. The van der Waals surface area contributed by atoms with Crippen LogP contribution in [0.25, 0.3) is 0 Å². The summed E-state index contributed by atoms with van der Waals surface area (Å²) in [4.78, 5) is 0. The van der Waals surface area contributed by atoms with Gasteiger partial charge in [-0.05, 0) is 30.3 Å². The molecule has 1 atom stereocenters. The lowest BCUT2D eigenvalue weighted by Gasteiger charge is -2.19. The van der Waals surface area contributed by atoms with Crippen molar-refractivity contribution in [3.63, 3.8) is 0 Å². The molecule has 21 heavy (non-hydrogen) atoms. The van der Waals surface area contributed by atoms with E-state index in [9.17, 15) is 0 Å². The standard InChI is InChI=1S/C16H23N3O2/c1-5-17-16(10-13-6-7-19(2)18-13)12-8-14(20-3)11-15(9-12)21-4/h6-9,11,16-17H,5,10H2,1-4H3. The van der Waals surface area contributed by atoms with Crippen molar-refractivity contribution in [2.24, 2.45) is 7.05 Å². The first-order valence-electron chi connectivity index (χ1n) is 7.11. The van der Waals surface area contributed by atoms with E-state index in [4.69, 9.17) is 9.47 Å². The smallest absolute Gasteiger partial charge is 0.122 e. The summed E-state index contributed by atoms with van der Waals surface area (Å²) in [6.07, 6.45) is 2.79. The summed E-state index contributed by atoms with van der Waals surface area (Å²) in [5.74, 6) is 1.60. The summed E-state index contributed by atoms with van der Waals surface area (Å²) in [5.41, 5.74) is 2.20. The van der Waals surface area contributed by atoms with Crippen LogP contribution in [0.5, 0.6) is 11.5 Å². The number of nitrogens with zero attached hydrogens (tertiary/aromatic N) is 2. The lowest BCUT2D eigenvalue weighted by atomic mass is 10.0. The Labute approximate surface area is 125 Å². The highest BCUT2D eigenvalue weighted by molar-refractivity contribution is 5.40. The number of methoxy groups -OCH3 is 2. The van der Waals surface area contributed by atoms with Crippen LogP contribution in [0, 0.1) is 0 Å². The zero-order valence-electron chi connectivity index (χ0n) is 13.1. The highest BCUT2D eigenvalue weighted by Crippen LogP contribution is 2.28. The first-order chi connectivity index (χ1) is 10.2. The average molecular weight is 289 g/mol. The van der Waals surface area contributed by atoms with Gasteiger partial charge in [0.2, 0.25) is 0 Å². The summed E-state index contributed by atoms with van der Waals surface area (Å²) < 4.78 is 12.5. The minimum Gasteiger partial charge on any atom is -0.497 e. The minimum atomic E-state index is 0.175. The first kappa shape index (κ1) is 15.4. The second-order valence-corrected chi connectivity index (χ2v) is 4.94. The van der Waals surface area contributed by atoms with Gasteiger partial charge in [-0.2, -0.15) is 5.10 Å². The molecule has 1 aromatic carbocycles. The summed E-state index contributed by atoms with van der Waals surface area (Å²) in [6.45, 7) is 2.99. The van der Waals surface area contributed by atoms with E-state index < -0.39 is 0 Å². The SMILES string of the molecule is CCNC(Cc1ccn(C)n1)c1cc(OC)cc(OC)c1. The maximum absolute atomic E-state index is 5.35. The van der Waals surface area contributed by atoms with Gasteiger partial charge in [-0.3, -0.25) is 4.68 Å². The Morgan fingerprint density at radius 2 is 1.86 bits per heavy atom. The number of rotatable bonds is 7. The van der Waals surface area contributed by atoms with Crippen LogP contribution in [-0.2, 0) is 13.5 Å². The van der Waals surface area contributed by atoms with E-state index in [1.165, 1.54) is 0 Å². The molecule has 0 spiro atoms. The Bertz CT molecular complexity index is 558. The van der Waals surface area contributed by atoms with E-state index in [2.05, 4.69) is 17.3 Å². The van der Waals surface area contributed by atoms with Gasteiger partial charge in [0.05, 0.1) is 19.9 Å². The van der Waals surface area contributed by atoms with Gasteiger partial charge < -0.3 is 14.8 Å². The predicted octanol–water partition coefficient (Wildman–Crippen LogP) is 2.33. The highest BCUT2D eigenvalue weighted by atomic mass is 16.5.